The first-order chi connectivity index (χ1) is 5.86. The van der Waals surface area contributed by atoms with Gasteiger partial charge >= 0.3 is 5.97 Å². The van der Waals surface area contributed by atoms with E-state index < -0.39 is 5.97 Å². The summed E-state index contributed by atoms with van der Waals surface area (Å²) in [4.78, 5) is 11.2. The van der Waals surface area contributed by atoms with Crippen molar-refractivity contribution in [2.24, 2.45) is 16.2 Å². The lowest BCUT2D eigenvalue weighted by Crippen LogP contribution is -2.29. The fourth-order valence-electron chi connectivity index (χ4n) is 3.56. The summed E-state index contributed by atoms with van der Waals surface area (Å²) in [5.41, 5.74) is -0.0705. The van der Waals surface area contributed by atoms with Crippen LogP contribution >= 0.6 is 0 Å². The third kappa shape index (κ3) is 0.818. The Kier molecular flexibility index (Phi) is 1.46. The van der Waals surface area contributed by atoms with Gasteiger partial charge in [0, 0.05) is 0 Å². The predicted octanol–water partition coefficient (Wildman–Crippen LogP) is 2.68. The van der Waals surface area contributed by atoms with Gasteiger partial charge in [0.15, 0.2) is 0 Å². The maximum absolute atomic E-state index is 11.2. The lowest BCUT2D eigenvalue weighted by atomic mass is 9.73. The number of fused-ring (bicyclic) bond motifs is 1. The Balaban J connectivity index is 2.35. The molecule has 0 aromatic heterocycles. The van der Waals surface area contributed by atoms with Crippen molar-refractivity contribution in [2.45, 2.75) is 46.5 Å². The highest BCUT2D eigenvalue weighted by molar-refractivity contribution is 5.81. The summed E-state index contributed by atoms with van der Waals surface area (Å²) in [6.45, 7) is 6.55. The SMILES string of the molecule is CC(C)(C)C12CCCC1(C(=O)O)C2. The van der Waals surface area contributed by atoms with E-state index in [-0.39, 0.29) is 16.2 Å². The summed E-state index contributed by atoms with van der Waals surface area (Å²) in [7, 11) is 0. The van der Waals surface area contributed by atoms with Gasteiger partial charge in [-0.3, -0.25) is 4.79 Å². The third-order valence-electron chi connectivity index (χ3n) is 4.45. The van der Waals surface area contributed by atoms with Crippen molar-refractivity contribution in [1.29, 1.82) is 0 Å². The van der Waals surface area contributed by atoms with Crippen molar-refractivity contribution in [3.8, 4) is 0 Å². The van der Waals surface area contributed by atoms with Crippen LogP contribution in [0.15, 0.2) is 0 Å². The van der Waals surface area contributed by atoms with E-state index in [0.717, 1.165) is 25.7 Å². The van der Waals surface area contributed by atoms with Crippen LogP contribution in [0.3, 0.4) is 0 Å². The van der Waals surface area contributed by atoms with Crippen molar-refractivity contribution in [3.63, 3.8) is 0 Å². The van der Waals surface area contributed by atoms with Crippen LogP contribution in [0, 0.1) is 16.2 Å². The molecule has 0 saturated heterocycles. The molecule has 1 N–H and O–H groups in total. The van der Waals surface area contributed by atoms with Crippen LogP contribution in [0.2, 0.25) is 0 Å². The molecule has 0 spiro atoms. The highest BCUT2D eigenvalue weighted by Crippen LogP contribution is 2.79. The van der Waals surface area contributed by atoms with E-state index in [1.807, 2.05) is 0 Å². The summed E-state index contributed by atoms with van der Waals surface area (Å²) < 4.78 is 0. The second-order valence-corrected chi connectivity index (χ2v) is 5.75. The predicted molar refractivity (Wildman–Crippen MR) is 50.4 cm³/mol. The molecule has 2 atom stereocenters. The molecular formula is C11H18O2. The van der Waals surface area contributed by atoms with Crippen molar-refractivity contribution >= 4 is 5.97 Å². The number of hydrogen-bond acceptors (Lipinski definition) is 1. The number of rotatable bonds is 1. The maximum atomic E-state index is 11.2. The van der Waals surface area contributed by atoms with Crippen molar-refractivity contribution in [1.82, 2.24) is 0 Å². The van der Waals surface area contributed by atoms with Gasteiger partial charge in [0.1, 0.15) is 0 Å². The fourth-order valence-corrected chi connectivity index (χ4v) is 3.56. The molecule has 0 aliphatic heterocycles. The number of carbonyl (C=O) groups is 1. The Morgan fingerprint density at radius 3 is 2.23 bits per heavy atom. The minimum atomic E-state index is -0.556. The first kappa shape index (κ1) is 9.04. The molecule has 0 aromatic rings. The van der Waals surface area contributed by atoms with Crippen molar-refractivity contribution in [3.05, 3.63) is 0 Å². The Morgan fingerprint density at radius 1 is 1.31 bits per heavy atom. The summed E-state index contributed by atoms with van der Waals surface area (Å²) >= 11 is 0. The minimum Gasteiger partial charge on any atom is -0.481 e. The molecule has 0 bridgehead atoms. The molecule has 2 saturated carbocycles. The molecule has 2 unspecified atom stereocenters. The Hall–Kier alpha value is -0.530. The average Bonchev–Trinajstić information content (AvgIpc) is 2.51. The summed E-state index contributed by atoms with van der Waals surface area (Å²) in [6, 6.07) is 0. The molecule has 2 aliphatic carbocycles. The average molecular weight is 182 g/mol. The molecular weight excluding hydrogens is 164 g/mol. The molecule has 2 aliphatic rings. The van der Waals surface area contributed by atoms with E-state index in [1.165, 1.54) is 0 Å². The van der Waals surface area contributed by atoms with E-state index in [0.29, 0.717) is 0 Å². The zero-order chi connectivity index (χ0) is 9.91. The molecule has 2 heteroatoms. The highest BCUT2D eigenvalue weighted by atomic mass is 16.4. The van der Waals surface area contributed by atoms with E-state index >= 15 is 0 Å². The second kappa shape index (κ2) is 2.10. The van der Waals surface area contributed by atoms with Crippen LogP contribution in [0.25, 0.3) is 0 Å². The molecule has 2 fully saturated rings. The van der Waals surface area contributed by atoms with Crippen LogP contribution in [0.5, 0.6) is 0 Å². The molecule has 0 radical (unpaired) electrons. The smallest absolute Gasteiger partial charge is 0.310 e. The van der Waals surface area contributed by atoms with Crippen LogP contribution in [0.1, 0.15) is 46.5 Å². The molecule has 0 heterocycles. The van der Waals surface area contributed by atoms with Crippen molar-refractivity contribution < 1.29 is 9.90 Å². The second-order valence-electron chi connectivity index (χ2n) is 5.75. The largest absolute Gasteiger partial charge is 0.481 e. The van der Waals surface area contributed by atoms with Gasteiger partial charge in [-0.15, -0.1) is 0 Å². The van der Waals surface area contributed by atoms with E-state index in [4.69, 9.17) is 0 Å². The Morgan fingerprint density at radius 2 is 1.92 bits per heavy atom. The zero-order valence-corrected chi connectivity index (χ0v) is 8.68. The molecule has 0 aromatic carbocycles. The topological polar surface area (TPSA) is 37.3 Å². The summed E-state index contributed by atoms with van der Waals surface area (Å²) in [6.07, 6.45) is 4.03. The lowest BCUT2D eigenvalue weighted by molar-refractivity contribution is -0.145. The standard InChI is InChI=1S/C11H18O2/c1-9(2,3)11-6-4-5-10(11,7-11)8(12)13/h4-7H2,1-3H3,(H,12,13). The first-order valence-corrected chi connectivity index (χ1v) is 5.09. The van der Waals surface area contributed by atoms with E-state index in [2.05, 4.69) is 20.8 Å². The highest BCUT2D eigenvalue weighted by Gasteiger charge is 2.77. The Bertz CT molecular complexity index is 264. The van der Waals surface area contributed by atoms with Crippen molar-refractivity contribution in [2.75, 3.05) is 0 Å². The van der Waals surface area contributed by atoms with Gasteiger partial charge in [-0.2, -0.15) is 0 Å². The number of hydrogen-bond donors (Lipinski definition) is 1. The van der Waals surface area contributed by atoms with Crippen LogP contribution in [0.4, 0.5) is 0 Å². The van der Waals surface area contributed by atoms with Gasteiger partial charge in [0.05, 0.1) is 5.41 Å². The summed E-state index contributed by atoms with van der Waals surface area (Å²) in [5, 5.41) is 9.24. The van der Waals surface area contributed by atoms with Gasteiger partial charge in [-0.25, -0.2) is 0 Å². The number of carboxylic acids is 1. The first-order valence-electron chi connectivity index (χ1n) is 5.09. The van der Waals surface area contributed by atoms with Gasteiger partial charge in [-0.1, -0.05) is 27.2 Å². The van der Waals surface area contributed by atoms with E-state index in [9.17, 15) is 9.90 Å². The maximum Gasteiger partial charge on any atom is 0.310 e. The van der Waals surface area contributed by atoms with Crippen LogP contribution in [-0.4, -0.2) is 11.1 Å². The van der Waals surface area contributed by atoms with Crippen LogP contribution in [-0.2, 0) is 4.79 Å². The quantitative estimate of drug-likeness (QED) is 0.677. The fraction of sp³-hybridized carbons (Fsp3) is 0.909. The normalized spacial score (nSPS) is 43.0. The van der Waals surface area contributed by atoms with Crippen LogP contribution < -0.4 is 0 Å². The zero-order valence-electron chi connectivity index (χ0n) is 8.68. The summed E-state index contributed by atoms with van der Waals surface area (Å²) in [5.74, 6) is -0.556. The van der Waals surface area contributed by atoms with Gasteiger partial charge in [-0.05, 0) is 30.1 Å². The number of carboxylic acid groups (broad SMARTS) is 1. The third-order valence-corrected chi connectivity index (χ3v) is 4.45. The van der Waals surface area contributed by atoms with Gasteiger partial charge in [0.25, 0.3) is 0 Å². The molecule has 74 valence electrons. The monoisotopic (exact) mass is 182 g/mol. The number of aliphatic carboxylic acids is 1. The Labute approximate surface area is 79.3 Å². The molecule has 2 rings (SSSR count). The van der Waals surface area contributed by atoms with E-state index in [1.54, 1.807) is 0 Å². The lowest BCUT2D eigenvalue weighted by Gasteiger charge is -2.31. The molecule has 2 nitrogen and oxygen atoms in total. The van der Waals surface area contributed by atoms with Gasteiger partial charge < -0.3 is 5.11 Å². The minimum absolute atomic E-state index is 0.117. The molecule has 13 heavy (non-hydrogen) atoms. The molecule has 0 amide bonds. The van der Waals surface area contributed by atoms with Gasteiger partial charge in [0.2, 0.25) is 0 Å².